The van der Waals surface area contributed by atoms with Gasteiger partial charge < -0.3 is 10.6 Å². The first-order valence-electron chi connectivity index (χ1n) is 7.02. The number of hydrogen-bond acceptors (Lipinski definition) is 4. The van der Waals surface area contributed by atoms with Crippen LogP contribution in [0.2, 0.25) is 0 Å². The Hall–Kier alpha value is -2.22. The number of halogens is 1. The molecule has 0 aromatic heterocycles. The van der Waals surface area contributed by atoms with E-state index in [1.165, 1.54) is 0 Å². The smallest absolute Gasteiger partial charge is 0.243 e. The molecule has 0 unspecified atom stereocenters. The number of hydrogen-bond donors (Lipinski definition) is 2. The van der Waals surface area contributed by atoms with Crippen LogP contribution in [0.15, 0.2) is 22.7 Å². The predicted octanol–water partition coefficient (Wildman–Crippen LogP) is 0.961. The van der Waals surface area contributed by atoms with Gasteiger partial charge in [0.1, 0.15) is 6.54 Å². The lowest BCUT2D eigenvalue weighted by molar-refractivity contribution is -0.142. The molecule has 23 heavy (non-hydrogen) atoms. The second-order valence-corrected chi connectivity index (χ2v) is 6.07. The second-order valence-electron chi connectivity index (χ2n) is 5.16. The molecule has 4 amide bonds. The van der Waals surface area contributed by atoms with E-state index >= 15 is 0 Å². The minimum Gasteiger partial charge on any atom is -0.345 e. The summed E-state index contributed by atoms with van der Waals surface area (Å²) in [6.45, 7) is 1.27. The SMILES string of the molecule is Cc1cc(Br)ccc1NC(=O)CNC(=O)CN1C(=O)CCC1=O. The maximum Gasteiger partial charge on any atom is 0.243 e. The van der Waals surface area contributed by atoms with E-state index in [9.17, 15) is 19.2 Å². The Morgan fingerprint density at radius 1 is 1.17 bits per heavy atom. The lowest BCUT2D eigenvalue weighted by Gasteiger charge is -2.13. The molecule has 1 aromatic carbocycles. The van der Waals surface area contributed by atoms with Crippen molar-refractivity contribution in [1.29, 1.82) is 0 Å². The molecule has 1 heterocycles. The first-order chi connectivity index (χ1) is 10.9. The molecule has 7 nitrogen and oxygen atoms in total. The van der Waals surface area contributed by atoms with Gasteiger partial charge in [-0.1, -0.05) is 15.9 Å². The summed E-state index contributed by atoms with van der Waals surface area (Å²) in [6.07, 6.45) is 0.269. The van der Waals surface area contributed by atoms with Crippen LogP contribution < -0.4 is 10.6 Å². The van der Waals surface area contributed by atoms with Crippen molar-refractivity contribution in [2.75, 3.05) is 18.4 Å². The zero-order valence-electron chi connectivity index (χ0n) is 12.5. The summed E-state index contributed by atoms with van der Waals surface area (Å²) >= 11 is 3.33. The van der Waals surface area contributed by atoms with Crippen molar-refractivity contribution >= 4 is 45.2 Å². The minimum atomic E-state index is -0.545. The van der Waals surface area contributed by atoms with Gasteiger partial charge in [-0.3, -0.25) is 24.1 Å². The molecule has 0 radical (unpaired) electrons. The summed E-state index contributed by atoms with van der Waals surface area (Å²) in [7, 11) is 0. The highest BCUT2D eigenvalue weighted by Gasteiger charge is 2.30. The largest absolute Gasteiger partial charge is 0.345 e. The molecule has 1 aliphatic rings. The van der Waals surface area contributed by atoms with E-state index in [1.807, 2.05) is 13.0 Å². The lowest BCUT2D eigenvalue weighted by atomic mass is 10.2. The predicted molar refractivity (Wildman–Crippen MR) is 86.5 cm³/mol. The summed E-state index contributed by atoms with van der Waals surface area (Å²) in [5.74, 6) is -1.65. The van der Waals surface area contributed by atoms with E-state index in [4.69, 9.17) is 0 Å². The topological polar surface area (TPSA) is 95.6 Å². The summed E-state index contributed by atoms with van der Waals surface area (Å²) in [5, 5.41) is 5.08. The van der Waals surface area contributed by atoms with Gasteiger partial charge in [0.05, 0.1) is 6.54 Å². The fraction of sp³-hybridized carbons (Fsp3) is 0.333. The summed E-state index contributed by atoms with van der Waals surface area (Å²) in [5.41, 5.74) is 1.53. The number of rotatable bonds is 5. The molecule has 0 spiro atoms. The number of benzene rings is 1. The number of likely N-dealkylation sites (tertiary alicyclic amines) is 1. The Balaban J connectivity index is 1.81. The third kappa shape index (κ3) is 4.62. The summed E-state index contributed by atoms with van der Waals surface area (Å²) in [6, 6.07) is 5.41. The van der Waals surface area contributed by atoms with Crippen LogP contribution in [0, 0.1) is 6.92 Å². The molecule has 0 saturated carbocycles. The molecule has 1 aromatic rings. The van der Waals surface area contributed by atoms with Crippen LogP contribution in [-0.2, 0) is 19.2 Å². The van der Waals surface area contributed by atoms with Crippen LogP contribution in [-0.4, -0.2) is 41.6 Å². The molecule has 0 atom stereocenters. The fourth-order valence-corrected chi connectivity index (χ4v) is 2.61. The van der Waals surface area contributed by atoms with Gasteiger partial charge in [-0.2, -0.15) is 0 Å². The molecular formula is C15H16BrN3O4. The number of aryl methyl sites for hydroxylation is 1. The fourth-order valence-electron chi connectivity index (χ4n) is 2.14. The Morgan fingerprint density at radius 3 is 2.43 bits per heavy atom. The van der Waals surface area contributed by atoms with Crippen molar-refractivity contribution in [3.05, 3.63) is 28.2 Å². The molecule has 2 rings (SSSR count). The number of nitrogens with zero attached hydrogens (tertiary/aromatic N) is 1. The average Bonchev–Trinajstić information content (AvgIpc) is 2.80. The molecular weight excluding hydrogens is 366 g/mol. The maximum atomic E-state index is 11.8. The number of nitrogens with one attached hydrogen (secondary N) is 2. The number of carbonyl (C=O) groups is 4. The van der Waals surface area contributed by atoms with Crippen molar-refractivity contribution < 1.29 is 19.2 Å². The van der Waals surface area contributed by atoms with E-state index in [2.05, 4.69) is 26.6 Å². The van der Waals surface area contributed by atoms with Gasteiger partial charge in [0.25, 0.3) is 0 Å². The van der Waals surface area contributed by atoms with E-state index in [-0.39, 0.29) is 43.7 Å². The quantitative estimate of drug-likeness (QED) is 0.742. The Labute approximate surface area is 141 Å². The maximum absolute atomic E-state index is 11.8. The van der Waals surface area contributed by atoms with Crippen molar-refractivity contribution in [2.45, 2.75) is 19.8 Å². The molecule has 0 bridgehead atoms. The number of anilines is 1. The molecule has 122 valence electrons. The van der Waals surface area contributed by atoms with Crippen LogP contribution in [0.1, 0.15) is 18.4 Å². The van der Waals surface area contributed by atoms with Crippen molar-refractivity contribution in [1.82, 2.24) is 10.2 Å². The first kappa shape index (κ1) is 17.1. The van der Waals surface area contributed by atoms with Crippen molar-refractivity contribution in [2.24, 2.45) is 0 Å². The monoisotopic (exact) mass is 381 g/mol. The van der Waals surface area contributed by atoms with Crippen LogP contribution in [0.5, 0.6) is 0 Å². The number of amides is 4. The molecule has 1 saturated heterocycles. The highest BCUT2D eigenvalue weighted by Crippen LogP contribution is 2.19. The van der Waals surface area contributed by atoms with Crippen molar-refractivity contribution in [3.8, 4) is 0 Å². The summed E-state index contributed by atoms with van der Waals surface area (Å²) < 4.78 is 0.904. The molecule has 0 aliphatic carbocycles. The highest BCUT2D eigenvalue weighted by molar-refractivity contribution is 9.10. The Bertz CT molecular complexity index is 659. The molecule has 2 N–H and O–H groups in total. The van der Waals surface area contributed by atoms with Gasteiger partial charge in [0.2, 0.25) is 23.6 Å². The van der Waals surface area contributed by atoms with Gasteiger partial charge in [0, 0.05) is 23.0 Å². The molecule has 1 aliphatic heterocycles. The van der Waals surface area contributed by atoms with Crippen molar-refractivity contribution in [3.63, 3.8) is 0 Å². The Morgan fingerprint density at radius 2 is 1.83 bits per heavy atom. The number of imide groups is 1. The number of carbonyl (C=O) groups excluding carboxylic acids is 4. The van der Waals surface area contributed by atoms with Gasteiger partial charge in [-0.05, 0) is 30.7 Å². The van der Waals surface area contributed by atoms with Gasteiger partial charge in [-0.15, -0.1) is 0 Å². The normalized spacial score (nSPS) is 14.1. The van der Waals surface area contributed by atoms with E-state index < -0.39 is 5.91 Å². The minimum absolute atomic E-state index is 0.134. The van der Waals surface area contributed by atoms with Crippen LogP contribution in [0.4, 0.5) is 5.69 Å². The standard InChI is InChI=1S/C15H16BrN3O4/c1-9-6-10(16)2-3-11(9)18-12(20)7-17-13(21)8-19-14(22)4-5-15(19)23/h2-3,6H,4-5,7-8H2,1H3,(H,17,21)(H,18,20). The Kier molecular flexibility index (Phi) is 5.49. The lowest BCUT2D eigenvalue weighted by Crippen LogP contribution is -2.42. The van der Waals surface area contributed by atoms with Crippen LogP contribution in [0.3, 0.4) is 0 Å². The van der Waals surface area contributed by atoms with Crippen LogP contribution in [0.25, 0.3) is 0 Å². The van der Waals surface area contributed by atoms with Gasteiger partial charge in [-0.25, -0.2) is 0 Å². The summed E-state index contributed by atoms with van der Waals surface area (Å²) in [4.78, 5) is 47.3. The third-order valence-corrected chi connectivity index (χ3v) is 3.86. The molecule has 8 heteroatoms. The first-order valence-corrected chi connectivity index (χ1v) is 7.82. The van der Waals surface area contributed by atoms with Gasteiger partial charge >= 0.3 is 0 Å². The van der Waals surface area contributed by atoms with E-state index in [0.29, 0.717) is 5.69 Å². The van der Waals surface area contributed by atoms with Gasteiger partial charge in [0.15, 0.2) is 0 Å². The van der Waals surface area contributed by atoms with Crippen LogP contribution >= 0.6 is 15.9 Å². The zero-order valence-corrected chi connectivity index (χ0v) is 14.1. The third-order valence-electron chi connectivity index (χ3n) is 3.37. The average molecular weight is 382 g/mol. The highest BCUT2D eigenvalue weighted by atomic mass is 79.9. The second kappa shape index (κ2) is 7.36. The zero-order chi connectivity index (χ0) is 17.0. The molecule has 1 fully saturated rings. The van der Waals surface area contributed by atoms with E-state index in [0.717, 1.165) is 14.9 Å². The van der Waals surface area contributed by atoms with E-state index in [1.54, 1.807) is 12.1 Å².